The number of methoxy groups -OCH3 is 1. The number of sulfonamides is 1. The molecule has 1 aromatic heterocycles. The highest BCUT2D eigenvalue weighted by molar-refractivity contribution is 7.94. The summed E-state index contributed by atoms with van der Waals surface area (Å²) in [6.45, 7) is 0.634. The molecule has 0 aliphatic carbocycles. The molecule has 0 saturated carbocycles. The van der Waals surface area contributed by atoms with Crippen molar-refractivity contribution < 1.29 is 13.2 Å². The third-order valence-corrected chi connectivity index (χ3v) is 5.93. The van der Waals surface area contributed by atoms with Gasteiger partial charge in [0.1, 0.15) is 9.96 Å². The van der Waals surface area contributed by atoms with E-state index in [4.69, 9.17) is 16.3 Å². The Labute approximate surface area is 133 Å². The summed E-state index contributed by atoms with van der Waals surface area (Å²) in [6, 6.07) is 8.09. The first-order valence-corrected chi connectivity index (χ1v) is 8.73. The number of halogens is 1. The van der Waals surface area contributed by atoms with Crippen LogP contribution in [0.5, 0.6) is 5.75 Å². The lowest BCUT2D eigenvalue weighted by Gasteiger charge is -2.09. The van der Waals surface area contributed by atoms with Crippen LogP contribution in [-0.2, 0) is 16.6 Å². The summed E-state index contributed by atoms with van der Waals surface area (Å²) in [5, 5.41) is 3.41. The normalized spacial score (nSPS) is 11.4. The van der Waals surface area contributed by atoms with Crippen LogP contribution in [-0.4, -0.2) is 22.6 Å². The van der Waals surface area contributed by atoms with Gasteiger partial charge in [-0.1, -0.05) is 11.6 Å². The molecule has 2 N–H and O–H groups in total. The van der Waals surface area contributed by atoms with Gasteiger partial charge in [-0.25, -0.2) is 8.42 Å². The van der Waals surface area contributed by atoms with Crippen molar-refractivity contribution in [1.82, 2.24) is 5.32 Å². The number of nitrogens with one attached hydrogen (secondary N) is 2. The Balaban J connectivity index is 2.24. The van der Waals surface area contributed by atoms with Crippen molar-refractivity contribution in [3.05, 3.63) is 40.2 Å². The molecule has 5 nitrogen and oxygen atoms in total. The molecule has 21 heavy (non-hydrogen) atoms. The van der Waals surface area contributed by atoms with Crippen molar-refractivity contribution in [1.29, 1.82) is 0 Å². The zero-order valence-electron chi connectivity index (χ0n) is 11.5. The Hall–Kier alpha value is -1.28. The first-order valence-electron chi connectivity index (χ1n) is 6.06. The Bertz CT molecular complexity index is 729. The fraction of sp³-hybridized carbons (Fsp3) is 0.231. The summed E-state index contributed by atoms with van der Waals surface area (Å²) >= 11 is 7.14. The van der Waals surface area contributed by atoms with E-state index in [-0.39, 0.29) is 4.21 Å². The van der Waals surface area contributed by atoms with Gasteiger partial charge in [0.15, 0.2) is 0 Å². The molecule has 1 heterocycles. The fourth-order valence-electron chi connectivity index (χ4n) is 1.70. The minimum Gasteiger partial charge on any atom is -0.495 e. The quantitative estimate of drug-likeness (QED) is 0.844. The lowest BCUT2D eigenvalue weighted by Crippen LogP contribution is -2.11. The molecule has 0 fully saturated rings. The van der Waals surface area contributed by atoms with E-state index >= 15 is 0 Å². The molecule has 0 atom stereocenters. The van der Waals surface area contributed by atoms with Crippen molar-refractivity contribution in [2.24, 2.45) is 0 Å². The molecule has 0 bridgehead atoms. The third kappa shape index (κ3) is 3.88. The average Bonchev–Trinajstić information content (AvgIpc) is 2.91. The summed E-state index contributed by atoms with van der Waals surface area (Å²) in [5.74, 6) is 0.416. The zero-order chi connectivity index (χ0) is 15.5. The van der Waals surface area contributed by atoms with Crippen molar-refractivity contribution in [2.45, 2.75) is 10.8 Å². The highest BCUT2D eigenvalue weighted by atomic mass is 35.5. The zero-order valence-corrected chi connectivity index (χ0v) is 13.9. The maximum absolute atomic E-state index is 12.3. The topological polar surface area (TPSA) is 67.4 Å². The number of hydrogen-bond acceptors (Lipinski definition) is 5. The number of anilines is 1. The first-order chi connectivity index (χ1) is 9.96. The standard InChI is InChI=1S/C13H15ClN2O3S2/c1-15-8-10-4-6-13(20-10)21(17,18)16-9-3-5-11(14)12(7-9)19-2/h3-7,15-16H,8H2,1-2H3. The van der Waals surface area contributed by atoms with E-state index in [2.05, 4.69) is 10.0 Å². The third-order valence-electron chi connectivity index (χ3n) is 2.66. The van der Waals surface area contributed by atoms with Crippen LogP contribution in [0.4, 0.5) is 5.69 Å². The maximum Gasteiger partial charge on any atom is 0.271 e. The molecular weight excluding hydrogens is 332 g/mol. The highest BCUT2D eigenvalue weighted by Gasteiger charge is 2.17. The summed E-state index contributed by atoms with van der Waals surface area (Å²) < 4.78 is 32.5. The van der Waals surface area contributed by atoms with Crippen LogP contribution >= 0.6 is 22.9 Å². The van der Waals surface area contributed by atoms with Crippen molar-refractivity contribution >= 4 is 38.6 Å². The molecule has 0 aliphatic rings. The lowest BCUT2D eigenvalue weighted by atomic mass is 10.3. The molecular formula is C13H15ClN2O3S2. The van der Waals surface area contributed by atoms with Crippen molar-refractivity contribution in [3.63, 3.8) is 0 Å². The fourth-order valence-corrected chi connectivity index (χ4v) is 4.31. The molecule has 2 aromatic rings. The monoisotopic (exact) mass is 346 g/mol. The van der Waals surface area contributed by atoms with Gasteiger partial charge in [-0.05, 0) is 31.3 Å². The number of hydrogen-bond donors (Lipinski definition) is 2. The van der Waals surface area contributed by atoms with Gasteiger partial charge in [-0.2, -0.15) is 0 Å². The molecule has 114 valence electrons. The van der Waals surface area contributed by atoms with E-state index < -0.39 is 10.0 Å². The summed E-state index contributed by atoms with van der Waals surface area (Å²) in [4.78, 5) is 0.951. The van der Waals surface area contributed by atoms with Crippen LogP contribution in [0.1, 0.15) is 4.88 Å². The van der Waals surface area contributed by atoms with Gasteiger partial charge in [0.05, 0.1) is 17.8 Å². The Morgan fingerprint density at radius 3 is 2.71 bits per heavy atom. The average molecular weight is 347 g/mol. The molecule has 0 amide bonds. The van der Waals surface area contributed by atoms with Gasteiger partial charge in [-0.15, -0.1) is 11.3 Å². The molecule has 8 heteroatoms. The summed E-state index contributed by atoms with van der Waals surface area (Å²) in [6.07, 6.45) is 0. The lowest BCUT2D eigenvalue weighted by molar-refractivity contribution is 0.415. The predicted octanol–water partition coefficient (Wildman–Crippen LogP) is 2.93. The van der Waals surface area contributed by atoms with Crippen LogP contribution in [0.2, 0.25) is 5.02 Å². The van der Waals surface area contributed by atoms with Crippen molar-refractivity contribution in [2.75, 3.05) is 18.9 Å². The van der Waals surface area contributed by atoms with Gasteiger partial charge in [-0.3, -0.25) is 4.72 Å². The molecule has 0 aliphatic heterocycles. The maximum atomic E-state index is 12.3. The van der Waals surface area contributed by atoms with Crippen LogP contribution in [0.25, 0.3) is 0 Å². The van der Waals surface area contributed by atoms with Crippen LogP contribution < -0.4 is 14.8 Å². The summed E-state index contributed by atoms with van der Waals surface area (Å²) in [7, 11) is -0.320. The second-order valence-electron chi connectivity index (χ2n) is 4.21. The van der Waals surface area contributed by atoms with Crippen LogP contribution in [0, 0.1) is 0 Å². The Morgan fingerprint density at radius 2 is 2.05 bits per heavy atom. The van der Waals surface area contributed by atoms with Crippen molar-refractivity contribution in [3.8, 4) is 5.75 Å². The minimum atomic E-state index is -3.61. The second kappa shape index (κ2) is 6.65. The molecule has 0 radical (unpaired) electrons. The van der Waals surface area contributed by atoms with E-state index in [0.717, 1.165) is 4.88 Å². The van der Waals surface area contributed by atoms with E-state index in [0.29, 0.717) is 23.0 Å². The minimum absolute atomic E-state index is 0.265. The number of rotatable bonds is 6. The Kier molecular flexibility index (Phi) is 5.10. The SMILES string of the molecule is CNCc1ccc(S(=O)(=O)Nc2ccc(Cl)c(OC)c2)s1. The molecule has 0 unspecified atom stereocenters. The second-order valence-corrected chi connectivity index (χ2v) is 7.69. The first kappa shape index (κ1) is 16.1. The highest BCUT2D eigenvalue weighted by Crippen LogP contribution is 2.29. The van der Waals surface area contributed by atoms with Gasteiger partial charge < -0.3 is 10.1 Å². The van der Waals surface area contributed by atoms with E-state index in [9.17, 15) is 8.42 Å². The summed E-state index contributed by atoms with van der Waals surface area (Å²) in [5.41, 5.74) is 0.403. The number of benzene rings is 1. The Morgan fingerprint density at radius 1 is 1.29 bits per heavy atom. The van der Waals surface area contributed by atoms with Gasteiger partial charge >= 0.3 is 0 Å². The van der Waals surface area contributed by atoms with Crippen LogP contribution in [0.15, 0.2) is 34.5 Å². The molecule has 1 aromatic carbocycles. The number of ether oxygens (including phenoxy) is 1. The van der Waals surface area contributed by atoms with E-state index in [1.807, 2.05) is 7.05 Å². The smallest absolute Gasteiger partial charge is 0.271 e. The van der Waals surface area contributed by atoms with Gasteiger partial charge in [0.25, 0.3) is 10.0 Å². The van der Waals surface area contributed by atoms with Crippen LogP contribution in [0.3, 0.4) is 0 Å². The van der Waals surface area contributed by atoms with Gasteiger partial charge in [0, 0.05) is 17.5 Å². The molecule has 0 saturated heterocycles. The van der Waals surface area contributed by atoms with E-state index in [1.54, 1.807) is 30.3 Å². The van der Waals surface area contributed by atoms with E-state index in [1.165, 1.54) is 18.4 Å². The molecule has 2 rings (SSSR count). The largest absolute Gasteiger partial charge is 0.495 e. The predicted molar refractivity (Wildman–Crippen MR) is 85.9 cm³/mol. The molecule has 0 spiro atoms. The number of thiophene rings is 1. The van der Waals surface area contributed by atoms with Gasteiger partial charge in [0.2, 0.25) is 0 Å².